The van der Waals surface area contributed by atoms with Gasteiger partial charge in [0.2, 0.25) is 11.6 Å². The molecule has 4 fully saturated rings. The second-order valence-corrected chi connectivity index (χ2v) is 16.1. The van der Waals surface area contributed by atoms with Crippen molar-refractivity contribution in [3.05, 3.63) is 0 Å². The summed E-state index contributed by atoms with van der Waals surface area (Å²) in [5.74, 6) is -3.16. The van der Waals surface area contributed by atoms with Gasteiger partial charge in [-0.3, -0.25) is 9.11 Å². The van der Waals surface area contributed by atoms with Crippen LogP contribution in [-0.4, -0.2) is 85.6 Å². The Labute approximate surface area is 288 Å². The van der Waals surface area contributed by atoms with Gasteiger partial charge in [0.1, 0.15) is 21.7 Å². The minimum absolute atomic E-state index is 0. The smallest absolute Gasteiger partial charge is 1.00 e. The maximum absolute atomic E-state index is 12.9. The number of hydrogen-bond acceptors (Lipinski definition) is 9. The van der Waals surface area contributed by atoms with Crippen molar-refractivity contribution in [2.75, 3.05) is 26.4 Å². The zero-order valence-electron chi connectivity index (χ0n) is 28.1. The summed E-state index contributed by atoms with van der Waals surface area (Å²) < 4.78 is 104. The Kier molecular flexibility index (Phi) is 14.5. The van der Waals surface area contributed by atoms with Crippen molar-refractivity contribution < 1.29 is 80.6 Å². The third-order valence-corrected chi connectivity index (χ3v) is 12.9. The zero-order valence-corrected chi connectivity index (χ0v) is 30.7. The third kappa shape index (κ3) is 7.91. The van der Waals surface area contributed by atoms with E-state index in [9.17, 15) is 25.9 Å². The predicted molar refractivity (Wildman–Crippen MR) is 162 cm³/mol. The second-order valence-electron chi connectivity index (χ2n) is 12.9. The summed E-state index contributed by atoms with van der Waals surface area (Å²) in [4.78, 5) is 0. The number of unbranched alkanes of at least 4 members (excludes halogenated alkanes) is 10. The standard InChI is InChI=1S/C30H54O11S2.Na.H/c1-3-5-7-9-11-13-15-25(42(31,32)33)27(17-21-37-27)29(19-23-39-29)41-30(20-24-40-30)28(18-22-38-28)26(43(34,35)36)16-14-12-10-8-6-4-2;;/h25-26H,3-24H2,1-2H3,(H,31,32,33)(H,34,35,36);;/q;+1;-1. The quantitative estimate of drug-likeness (QED) is 0.0987. The van der Waals surface area contributed by atoms with E-state index in [-0.39, 0.29) is 95.9 Å². The molecule has 254 valence electrons. The molecule has 0 aromatic carbocycles. The van der Waals surface area contributed by atoms with Crippen molar-refractivity contribution in [2.45, 2.75) is 163 Å². The van der Waals surface area contributed by atoms with E-state index in [0.717, 1.165) is 64.2 Å². The molecule has 0 aromatic heterocycles. The van der Waals surface area contributed by atoms with Crippen molar-refractivity contribution in [3.63, 3.8) is 0 Å². The van der Waals surface area contributed by atoms with Crippen LogP contribution in [-0.2, 0) is 43.9 Å². The number of rotatable bonds is 22. The molecule has 4 rings (SSSR count). The Balaban J connectivity index is 0.00000353. The molecule has 0 spiro atoms. The first-order valence-corrected chi connectivity index (χ1v) is 19.6. The van der Waals surface area contributed by atoms with E-state index in [1.54, 1.807) is 0 Å². The van der Waals surface area contributed by atoms with Crippen LogP contribution in [0.15, 0.2) is 0 Å². The molecule has 4 saturated heterocycles. The van der Waals surface area contributed by atoms with E-state index in [4.69, 9.17) is 23.7 Å². The molecule has 6 atom stereocenters. The van der Waals surface area contributed by atoms with Gasteiger partial charge in [0, 0.05) is 25.7 Å². The van der Waals surface area contributed by atoms with Crippen LogP contribution < -0.4 is 29.6 Å². The van der Waals surface area contributed by atoms with E-state index >= 15 is 0 Å². The van der Waals surface area contributed by atoms with Crippen LogP contribution in [0.5, 0.6) is 0 Å². The van der Waals surface area contributed by atoms with Gasteiger partial charge >= 0.3 is 29.6 Å². The fourth-order valence-corrected chi connectivity index (χ4v) is 10.2. The first-order chi connectivity index (χ1) is 20.4. The van der Waals surface area contributed by atoms with E-state index in [0.29, 0.717) is 12.8 Å². The van der Waals surface area contributed by atoms with E-state index in [2.05, 4.69) is 13.8 Å². The minimum Gasteiger partial charge on any atom is -1.00 e. The molecule has 4 aliphatic rings. The molecule has 0 aliphatic carbocycles. The van der Waals surface area contributed by atoms with Gasteiger partial charge in [-0.05, 0) is 12.8 Å². The van der Waals surface area contributed by atoms with Gasteiger partial charge in [-0.15, -0.1) is 0 Å². The molecule has 11 nitrogen and oxygen atoms in total. The topological polar surface area (TPSA) is 155 Å². The Morgan fingerprint density at radius 2 is 0.886 bits per heavy atom. The molecule has 0 radical (unpaired) electrons. The molecule has 14 heteroatoms. The van der Waals surface area contributed by atoms with Crippen LogP contribution >= 0.6 is 0 Å². The van der Waals surface area contributed by atoms with Crippen LogP contribution in [0.25, 0.3) is 0 Å². The van der Waals surface area contributed by atoms with Crippen molar-refractivity contribution >= 4 is 20.2 Å². The van der Waals surface area contributed by atoms with Crippen molar-refractivity contribution in [2.24, 2.45) is 0 Å². The summed E-state index contributed by atoms with van der Waals surface area (Å²) in [5.41, 5.74) is -2.96. The van der Waals surface area contributed by atoms with Gasteiger partial charge in [0.15, 0.2) is 0 Å². The molecule has 0 saturated carbocycles. The Bertz CT molecular complexity index is 1020. The molecular formula is C30H55NaO11S2. The van der Waals surface area contributed by atoms with Crippen LogP contribution in [0, 0.1) is 0 Å². The van der Waals surface area contributed by atoms with Crippen molar-refractivity contribution in [1.29, 1.82) is 0 Å². The van der Waals surface area contributed by atoms with Crippen LogP contribution in [0.4, 0.5) is 0 Å². The van der Waals surface area contributed by atoms with Gasteiger partial charge in [0.25, 0.3) is 20.2 Å². The maximum Gasteiger partial charge on any atom is 1.00 e. The van der Waals surface area contributed by atoms with Crippen LogP contribution in [0.1, 0.15) is 131 Å². The van der Waals surface area contributed by atoms with E-state index < -0.39 is 53.5 Å². The number of hydrogen-bond donors (Lipinski definition) is 2. The Morgan fingerprint density at radius 1 is 0.591 bits per heavy atom. The predicted octanol–water partition coefficient (Wildman–Crippen LogP) is 2.68. The van der Waals surface area contributed by atoms with E-state index in [1.165, 1.54) is 0 Å². The number of ether oxygens (including phenoxy) is 5. The largest absolute Gasteiger partial charge is 1.00 e. The summed E-state index contributed by atoms with van der Waals surface area (Å²) >= 11 is 0. The summed E-state index contributed by atoms with van der Waals surface area (Å²) in [6, 6.07) is 0. The minimum atomic E-state index is -4.57. The van der Waals surface area contributed by atoms with Gasteiger partial charge in [0.05, 0.1) is 26.4 Å². The van der Waals surface area contributed by atoms with Crippen LogP contribution in [0.3, 0.4) is 0 Å². The van der Waals surface area contributed by atoms with Crippen LogP contribution in [0.2, 0.25) is 0 Å². The van der Waals surface area contributed by atoms with Gasteiger partial charge in [-0.1, -0.05) is 90.9 Å². The molecule has 0 amide bonds. The van der Waals surface area contributed by atoms with Gasteiger partial charge in [-0.2, -0.15) is 16.8 Å². The average molecular weight is 679 g/mol. The molecule has 2 N–H and O–H groups in total. The Hall–Kier alpha value is 0.620. The average Bonchev–Trinajstić information content (AvgIpc) is 2.83. The fourth-order valence-electron chi connectivity index (χ4n) is 7.55. The maximum atomic E-state index is 12.9. The molecule has 44 heavy (non-hydrogen) atoms. The fraction of sp³-hybridized carbons (Fsp3) is 1.00. The van der Waals surface area contributed by atoms with E-state index in [1.807, 2.05) is 0 Å². The molecule has 0 aromatic rings. The third-order valence-electron chi connectivity index (χ3n) is 10.2. The van der Waals surface area contributed by atoms with Crippen molar-refractivity contribution in [1.82, 2.24) is 0 Å². The first kappa shape index (κ1) is 39.1. The normalized spacial score (nSPS) is 33.2. The first-order valence-electron chi connectivity index (χ1n) is 16.6. The van der Waals surface area contributed by atoms with Gasteiger partial charge < -0.3 is 25.1 Å². The molecule has 6 unspecified atom stereocenters. The molecular weight excluding hydrogens is 623 g/mol. The zero-order chi connectivity index (χ0) is 31.2. The monoisotopic (exact) mass is 678 g/mol. The van der Waals surface area contributed by atoms with Gasteiger partial charge in [-0.25, -0.2) is 0 Å². The SMILES string of the molecule is CCCCCCCCC(C1(C2(OC3(C4(C(CCCCCCCC)S(=O)(=O)O)CCO4)CCO3)CCO2)CCO1)S(=O)(=O)O.[H-].[Na+]. The molecule has 4 heterocycles. The molecule has 4 aliphatic heterocycles. The second kappa shape index (κ2) is 16.3. The van der Waals surface area contributed by atoms with Crippen molar-refractivity contribution in [3.8, 4) is 0 Å². The summed E-state index contributed by atoms with van der Waals surface area (Å²) in [7, 11) is -9.13. The summed E-state index contributed by atoms with van der Waals surface area (Å²) in [6.45, 7) is 5.38. The molecule has 0 bridgehead atoms. The summed E-state index contributed by atoms with van der Waals surface area (Å²) in [6.07, 6.45) is 12.9. The Morgan fingerprint density at radius 3 is 1.11 bits per heavy atom. The summed E-state index contributed by atoms with van der Waals surface area (Å²) in [5, 5.41) is -2.56.